The monoisotopic (exact) mass is 239 g/mol. The van der Waals surface area contributed by atoms with E-state index in [0.29, 0.717) is 10.9 Å². The molecule has 0 aromatic heterocycles. The number of nitrogens with two attached hydrogens (primary N) is 1. The van der Waals surface area contributed by atoms with Crippen LogP contribution in [0.4, 0.5) is 0 Å². The zero-order valence-electron chi connectivity index (χ0n) is 10.1. The summed E-state index contributed by atoms with van der Waals surface area (Å²) in [5.41, 5.74) is 4.36. The van der Waals surface area contributed by atoms with Crippen molar-refractivity contribution in [1.82, 2.24) is 5.43 Å². The highest BCUT2D eigenvalue weighted by molar-refractivity contribution is 6.31. The van der Waals surface area contributed by atoms with Crippen LogP contribution in [0.3, 0.4) is 0 Å². The molecule has 0 bridgehead atoms. The Morgan fingerprint density at radius 1 is 1.38 bits per heavy atom. The summed E-state index contributed by atoms with van der Waals surface area (Å²) in [6.07, 6.45) is 0. The van der Waals surface area contributed by atoms with Crippen LogP contribution in [0.2, 0.25) is 5.02 Å². The highest BCUT2D eigenvalue weighted by atomic mass is 35.5. The lowest BCUT2D eigenvalue weighted by molar-refractivity contribution is 0.580. The fraction of sp³-hybridized carbons (Fsp3) is 0.417. The van der Waals surface area contributed by atoms with Crippen LogP contribution in [0.15, 0.2) is 23.2 Å². The zero-order valence-corrected chi connectivity index (χ0v) is 10.9. The van der Waals surface area contributed by atoms with E-state index in [2.05, 4.69) is 10.4 Å². The Kier molecular flexibility index (Phi) is 3.94. The fourth-order valence-electron chi connectivity index (χ4n) is 1.37. The van der Waals surface area contributed by atoms with Crippen molar-refractivity contribution in [1.29, 1.82) is 0 Å². The summed E-state index contributed by atoms with van der Waals surface area (Å²) < 4.78 is 0. The average molecular weight is 240 g/mol. The Bertz CT molecular complexity index is 405. The summed E-state index contributed by atoms with van der Waals surface area (Å²) in [4.78, 5) is 4.52. The molecule has 0 atom stereocenters. The summed E-state index contributed by atoms with van der Waals surface area (Å²) >= 11 is 6.06. The number of benzene rings is 1. The number of nitrogens with zero attached hydrogens (tertiary/aromatic N) is 1. The molecule has 0 fully saturated rings. The normalized spacial score (nSPS) is 12.8. The van der Waals surface area contributed by atoms with Crippen molar-refractivity contribution in [2.75, 3.05) is 0 Å². The first-order valence-corrected chi connectivity index (χ1v) is 5.55. The molecule has 1 aromatic carbocycles. The number of halogens is 1. The highest BCUT2D eigenvalue weighted by Gasteiger charge is 2.13. The van der Waals surface area contributed by atoms with Gasteiger partial charge in [0.25, 0.3) is 0 Å². The standard InChI is InChI=1S/C12H18ClN3/c1-8-9(6-5-7-10(8)13)11(16-14)15-12(2,3)4/h5-7H,14H2,1-4H3,(H,15,16). The number of hydrazine groups is 1. The molecule has 16 heavy (non-hydrogen) atoms. The van der Waals surface area contributed by atoms with Crippen LogP contribution in [0.1, 0.15) is 31.9 Å². The van der Waals surface area contributed by atoms with Crippen molar-refractivity contribution < 1.29 is 0 Å². The largest absolute Gasteiger partial charge is 0.308 e. The predicted octanol–water partition coefficient (Wildman–Crippen LogP) is 2.66. The summed E-state index contributed by atoms with van der Waals surface area (Å²) in [5, 5.41) is 0.717. The first-order valence-electron chi connectivity index (χ1n) is 5.17. The summed E-state index contributed by atoms with van der Waals surface area (Å²) in [6.45, 7) is 8.01. The molecule has 0 amide bonds. The minimum Gasteiger partial charge on any atom is -0.308 e. The molecule has 0 radical (unpaired) electrons. The van der Waals surface area contributed by atoms with E-state index in [1.54, 1.807) is 0 Å². The molecule has 0 aliphatic heterocycles. The molecule has 0 unspecified atom stereocenters. The van der Waals surface area contributed by atoms with Gasteiger partial charge in [-0.2, -0.15) is 0 Å². The second-order valence-electron chi connectivity index (χ2n) is 4.69. The third-order valence-electron chi connectivity index (χ3n) is 2.11. The van der Waals surface area contributed by atoms with Gasteiger partial charge in [-0.1, -0.05) is 23.7 Å². The van der Waals surface area contributed by atoms with Gasteiger partial charge in [0, 0.05) is 10.6 Å². The topological polar surface area (TPSA) is 50.4 Å². The third kappa shape index (κ3) is 3.22. The molecule has 3 nitrogen and oxygen atoms in total. The molecule has 0 heterocycles. The van der Waals surface area contributed by atoms with Crippen molar-refractivity contribution in [3.05, 3.63) is 34.3 Å². The van der Waals surface area contributed by atoms with Gasteiger partial charge in [-0.05, 0) is 39.3 Å². The SMILES string of the molecule is Cc1c(Cl)cccc1C(=NC(C)(C)C)NN. The molecular formula is C12H18ClN3. The molecule has 0 saturated carbocycles. The van der Waals surface area contributed by atoms with Crippen LogP contribution in [0, 0.1) is 6.92 Å². The van der Waals surface area contributed by atoms with E-state index in [1.165, 1.54) is 0 Å². The van der Waals surface area contributed by atoms with Gasteiger partial charge < -0.3 is 5.43 Å². The van der Waals surface area contributed by atoms with Crippen LogP contribution in [0.5, 0.6) is 0 Å². The van der Waals surface area contributed by atoms with Crippen LogP contribution in [-0.4, -0.2) is 11.4 Å². The second-order valence-corrected chi connectivity index (χ2v) is 5.10. The van der Waals surface area contributed by atoms with Gasteiger partial charge in [-0.3, -0.25) is 4.99 Å². The van der Waals surface area contributed by atoms with Crippen LogP contribution in [0.25, 0.3) is 0 Å². The average Bonchev–Trinajstić information content (AvgIpc) is 2.18. The lowest BCUT2D eigenvalue weighted by Gasteiger charge is -2.17. The molecule has 1 rings (SSSR count). The molecule has 88 valence electrons. The Hall–Kier alpha value is -1.06. The van der Waals surface area contributed by atoms with Gasteiger partial charge in [-0.25, -0.2) is 5.84 Å². The molecule has 0 aliphatic carbocycles. The zero-order chi connectivity index (χ0) is 12.3. The van der Waals surface area contributed by atoms with Gasteiger partial charge in [0.2, 0.25) is 0 Å². The third-order valence-corrected chi connectivity index (χ3v) is 2.52. The van der Waals surface area contributed by atoms with E-state index in [-0.39, 0.29) is 5.54 Å². The fourth-order valence-corrected chi connectivity index (χ4v) is 1.54. The van der Waals surface area contributed by atoms with E-state index < -0.39 is 0 Å². The number of hydrogen-bond acceptors (Lipinski definition) is 2. The Morgan fingerprint density at radius 2 is 2.00 bits per heavy atom. The number of aliphatic imine (C=N–C) groups is 1. The molecule has 3 N–H and O–H groups in total. The van der Waals surface area contributed by atoms with E-state index in [1.807, 2.05) is 45.9 Å². The minimum absolute atomic E-state index is 0.184. The molecule has 1 aromatic rings. The van der Waals surface area contributed by atoms with Crippen molar-refractivity contribution in [2.45, 2.75) is 33.2 Å². The Morgan fingerprint density at radius 3 is 2.50 bits per heavy atom. The van der Waals surface area contributed by atoms with E-state index in [9.17, 15) is 0 Å². The number of amidine groups is 1. The molecule has 0 aliphatic rings. The summed E-state index contributed by atoms with van der Waals surface area (Å²) in [7, 11) is 0. The van der Waals surface area contributed by atoms with Gasteiger partial charge in [-0.15, -0.1) is 0 Å². The van der Waals surface area contributed by atoms with E-state index in [4.69, 9.17) is 17.4 Å². The number of hydrogen-bond donors (Lipinski definition) is 2. The van der Waals surface area contributed by atoms with Gasteiger partial charge in [0.1, 0.15) is 5.84 Å². The van der Waals surface area contributed by atoms with E-state index in [0.717, 1.165) is 11.1 Å². The van der Waals surface area contributed by atoms with Gasteiger partial charge >= 0.3 is 0 Å². The lowest BCUT2D eigenvalue weighted by Crippen LogP contribution is -2.34. The molecule has 0 spiro atoms. The van der Waals surface area contributed by atoms with Crippen LogP contribution in [-0.2, 0) is 0 Å². The Balaban J connectivity index is 3.25. The van der Waals surface area contributed by atoms with Crippen molar-refractivity contribution in [3.8, 4) is 0 Å². The highest BCUT2D eigenvalue weighted by Crippen LogP contribution is 2.20. The lowest BCUT2D eigenvalue weighted by atomic mass is 10.1. The molecular weight excluding hydrogens is 222 g/mol. The first kappa shape index (κ1) is 13.0. The first-order chi connectivity index (χ1) is 7.35. The quantitative estimate of drug-likeness (QED) is 0.343. The maximum absolute atomic E-state index is 6.06. The number of rotatable bonds is 1. The maximum Gasteiger partial charge on any atom is 0.143 e. The smallest absolute Gasteiger partial charge is 0.143 e. The van der Waals surface area contributed by atoms with E-state index >= 15 is 0 Å². The summed E-state index contributed by atoms with van der Waals surface area (Å²) in [5.74, 6) is 6.17. The van der Waals surface area contributed by atoms with Crippen molar-refractivity contribution >= 4 is 17.4 Å². The van der Waals surface area contributed by atoms with Crippen molar-refractivity contribution in [2.24, 2.45) is 10.8 Å². The van der Waals surface area contributed by atoms with Crippen molar-refractivity contribution in [3.63, 3.8) is 0 Å². The molecule has 0 saturated heterocycles. The van der Waals surface area contributed by atoms with Gasteiger partial charge in [0.05, 0.1) is 5.54 Å². The molecule has 4 heteroatoms. The maximum atomic E-state index is 6.06. The predicted molar refractivity (Wildman–Crippen MR) is 69.8 cm³/mol. The van der Waals surface area contributed by atoms with Gasteiger partial charge in [0.15, 0.2) is 0 Å². The Labute approximate surface area is 102 Å². The number of nitrogens with one attached hydrogen (secondary N) is 1. The second kappa shape index (κ2) is 4.85. The van der Waals surface area contributed by atoms with Crippen LogP contribution < -0.4 is 11.3 Å². The summed E-state index contributed by atoms with van der Waals surface area (Å²) in [6, 6.07) is 5.69. The van der Waals surface area contributed by atoms with Crippen LogP contribution >= 0.6 is 11.6 Å². The minimum atomic E-state index is -0.184.